The average molecular weight is 332 g/mol. The van der Waals surface area contributed by atoms with Crippen molar-refractivity contribution in [1.29, 1.82) is 0 Å². The van der Waals surface area contributed by atoms with Crippen LogP contribution in [0, 0.1) is 6.92 Å². The lowest BCUT2D eigenvalue weighted by molar-refractivity contribution is -0.127. The highest BCUT2D eigenvalue weighted by Crippen LogP contribution is 2.22. The molecule has 2 rings (SSSR count). The predicted octanol–water partition coefficient (Wildman–Crippen LogP) is 1.72. The Hall–Kier alpha value is -1.27. The number of ether oxygens (including phenoxy) is 1. The fraction of sp³-hybridized carbons (Fsp3) is 0.500. The quantitative estimate of drug-likeness (QED) is 0.911. The Bertz CT molecular complexity index is 644. The lowest BCUT2D eigenvalue weighted by Gasteiger charge is -2.17. The molecule has 1 heterocycles. The molecular weight excluding hydrogens is 314 g/mol. The molecule has 0 aliphatic carbocycles. The summed E-state index contributed by atoms with van der Waals surface area (Å²) in [4.78, 5) is 12.0. The summed E-state index contributed by atoms with van der Waals surface area (Å²) in [6.07, 6.45) is -0.241. The number of hydrogen-bond donors (Lipinski definition) is 1. The molecule has 2 atom stereocenters. The van der Waals surface area contributed by atoms with Crippen LogP contribution >= 0.6 is 11.6 Å². The summed E-state index contributed by atoms with van der Waals surface area (Å²) in [5, 5.41) is 3.35. The normalized spacial score (nSPS) is 21.8. The second-order valence-corrected chi connectivity index (χ2v) is 7.92. The van der Waals surface area contributed by atoms with Gasteiger partial charge in [-0.2, -0.15) is 0 Å². The minimum absolute atomic E-state index is 0.00547. The van der Waals surface area contributed by atoms with E-state index in [-0.39, 0.29) is 23.5 Å². The molecule has 1 aromatic carbocycles. The molecule has 1 fully saturated rings. The van der Waals surface area contributed by atoms with Crippen molar-refractivity contribution >= 4 is 27.3 Å². The number of aryl methyl sites for hydroxylation is 1. The van der Waals surface area contributed by atoms with Crippen molar-refractivity contribution in [3.8, 4) is 5.75 Å². The lowest BCUT2D eigenvalue weighted by Crippen LogP contribution is -2.43. The molecule has 5 nitrogen and oxygen atoms in total. The molecule has 0 unspecified atom stereocenters. The summed E-state index contributed by atoms with van der Waals surface area (Å²) in [5.74, 6) is 0.373. The Kier molecular flexibility index (Phi) is 4.78. The molecule has 0 spiro atoms. The van der Waals surface area contributed by atoms with Crippen LogP contribution in [0.5, 0.6) is 5.75 Å². The fourth-order valence-electron chi connectivity index (χ4n) is 2.18. The van der Waals surface area contributed by atoms with E-state index >= 15 is 0 Å². The van der Waals surface area contributed by atoms with Gasteiger partial charge < -0.3 is 10.1 Å². The van der Waals surface area contributed by atoms with Crippen LogP contribution < -0.4 is 10.1 Å². The van der Waals surface area contributed by atoms with Crippen LogP contribution in [0.2, 0.25) is 5.02 Å². The van der Waals surface area contributed by atoms with Gasteiger partial charge in [-0.3, -0.25) is 4.79 Å². The largest absolute Gasteiger partial charge is 0.481 e. The van der Waals surface area contributed by atoms with Gasteiger partial charge in [0.25, 0.3) is 5.91 Å². The summed E-state index contributed by atoms with van der Waals surface area (Å²) in [5.41, 5.74) is 0.865. The van der Waals surface area contributed by atoms with E-state index in [9.17, 15) is 13.2 Å². The minimum Gasteiger partial charge on any atom is -0.481 e. The second kappa shape index (κ2) is 6.23. The van der Waals surface area contributed by atoms with Gasteiger partial charge in [-0.05, 0) is 44.0 Å². The topological polar surface area (TPSA) is 72.5 Å². The maximum atomic E-state index is 12.0. The van der Waals surface area contributed by atoms with Crippen molar-refractivity contribution < 1.29 is 17.9 Å². The predicted molar refractivity (Wildman–Crippen MR) is 81.5 cm³/mol. The maximum Gasteiger partial charge on any atom is 0.261 e. The zero-order chi connectivity index (χ0) is 15.6. The highest BCUT2D eigenvalue weighted by molar-refractivity contribution is 7.91. The standard InChI is InChI=1S/C14H18ClNO4S/c1-9-7-12(3-4-13(9)15)20-10(2)14(17)16-11-5-6-21(18,19)8-11/h3-4,7,10-11H,5-6,8H2,1-2H3,(H,16,17)/t10-,11-/m0/s1. The Balaban J connectivity index is 1.92. The molecule has 1 amide bonds. The van der Waals surface area contributed by atoms with E-state index in [2.05, 4.69) is 5.32 Å². The summed E-state index contributed by atoms with van der Waals surface area (Å²) < 4.78 is 28.3. The lowest BCUT2D eigenvalue weighted by atomic mass is 10.2. The van der Waals surface area contributed by atoms with Crippen molar-refractivity contribution in [2.45, 2.75) is 32.4 Å². The number of halogens is 1. The van der Waals surface area contributed by atoms with Gasteiger partial charge >= 0.3 is 0 Å². The van der Waals surface area contributed by atoms with Crippen LogP contribution in [0.4, 0.5) is 0 Å². The monoisotopic (exact) mass is 331 g/mol. The van der Waals surface area contributed by atoms with Crippen LogP contribution in [0.15, 0.2) is 18.2 Å². The van der Waals surface area contributed by atoms with Gasteiger partial charge in [0.1, 0.15) is 5.75 Å². The van der Waals surface area contributed by atoms with Crippen LogP contribution in [0.1, 0.15) is 18.9 Å². The Labute approximate surface area is 129 Å². The van der Waals surface area contributed by atoms with E-state index in [4.69, 9.17) is 16.3 Å². The highest BCUT2D eigenvalue weighted by Gasteiger charge is 2.30. The number of nitrogens with one attached hydrogen (secondary N) is 1. The van der Waals surface area contributed by atoms with Gasteiger partial charge in [0.15, 0.2) is 15.9 Å². The molecule has 1 aliphatic rings. The SMILES string of the molecule is Cc1cc(O[C@@H](C)C(=O)N[C@H]2CCS(=O)(=O)C2)ccc1Cl. The van der Waals surface area contributed by atoms with Crippen molar-refractivity contribution in [1.82, 2.24) is 5.32 Å². The molecule has 1 aliphatic heterocycles. The van der Waals surface area contributed by atoms with E-state index in [0.29, 0.717) is 17.2 Å². The first-order valence-electron chi connectivity index (χ1n) is 6.70. The summed E-state index contributed by atoms with van der Waals surface area (Å²) in [6.45, 7) is 3.48. The van der Waals surface area contributed by atoms with Gasteiger partial charge in [0.2, 0.25) is 0 Å². The number of amides is 1. The average Bonchev–Trinajstić information content (AvgIpc) is 2.73. The number of benzene rings is 1. The molecule has 0 radical (unpaired) electrons. The molecule has 0 aromatic heterocycles. The molecular formula is C14H18ClNO4S. The first kappa shape index (κ1) is 16.1. The van der Waals surface area contributed by atoms with E-state index in [1.165, 1.54) is 0 Å². The van der Waals surface area contributed by atoms with Crippen molar-refractivity contribution in [3.63, 3.8) is 0 Å². The zero-order valence-electron chi connectivity index (χ0n) is 11.9. The molecule has 21 heavy (non-hydrogen) atoms. The zero-order valence-corrected chi connectivity index (χ0v) is 13.5. The van der Waals surface area contributed by atoms with Gasteiger partial charge in [0, 0.05) is 11.1 Å². The van der Waals surface area contributed by atoms with E-state index < -0.39 is 15.9 Å². The van der Waals surface area contributed by atoms with Gasteiger partial charge in [-0.1, -0.05) is 11.6 Å². The van der Waals surface area contributed by atoms with Gasteiger partial charge in [-0.25, -0.2) is 8.42 Å². The number of hydrogen-bond acceptors (Lipinski definition) is 4. The molecule has 1 saturated heterocycles. The summed E-state index contributed by atoms with van der Waals surface area (Å²) in [7, 11) is -3.01. The summed E-state index contributed by atoms with van der Waals surface area (Å²) in [6, 6.07) is 4.84. The van der Waals surface area contributed by atoms with Crippen LogP contribution in [-0.2, 0) is 14.6 Å². The molecule has 1 aromatic rings. The Morgan fingerprint density at radius 3 is 2.76 bits per heavy atom. The third-order valence-electron chi connectivity index (χ3n) is 3.39. The van der Waals surface area contributed by atoms with Crippen LogP contribution in [-0.4, -0.2) is 38.0 Å². The fourth-order valence-corrected chi connectivity index (χ4v) is 3.97. The first-order valence-corrected chi connectivity index (χ1v) is 8.90. The van der Waals surface area contributed by atoms with E-state index in [1.807, 2.05) is 6.92 Å². The van der Waals surface area contributed by atoms with Gasteiger partial charge in [0.05, 0.1) is 11.5 Å². The molecule has 7 heteroatoms. The minimum atomic E-state index is -3.01. The van der Waals surface area contributed by atoms with Crippen molar-refractivity contribution in [2.75, 3.05) is 11.5 Å². The molecule has 1 N–H and O–H groups in total. The molecule has 0 bridgehead atoms. The summed E-state index contributed by atoms with van der Waals surface area (Å²) >= 11 is 5.93. The van der Waals surface area contributed by atoms with Crippen molar-refractivity contribution in [2.24, 2.45) is 0 Å². The maximum absolute atomic E-state index is 12.0. The first-order chi connectivity index (χ1) is 9.77. The molecule has 0 saturated carbocycles. The third kappa shape index (κ3) is 4.35. The van der Waals surface area contributed by atoms with Gasteiger partial charge in [-0.15, -0.1) is 0 Å². The van der Waals surface area contributed by atoms with Crippen LogP contribution in [0.25, 0.3) is 0 Å². The van der Waals surface area contributed by atoms with E-state index in [1.54, 1.807) is 25.1 Å². The molecule has 116 valence electrons. The number of rotatable bonds is 4. The van der Waals surface area contributed by atoms with E-state index in [0.717, 1.165) is 5.56 Å². The third-order valence-corrected chi connectivity index (χ3v) is 5.58. The number of carbonyl (C=O) groups excluding carboxylic acids is 1. The number of sulfone groups is 1. The highest BCUT2D eigenvalue weighted by atomic mass is 35.5. The Morgan fingerprint density at radius 1 is 1.48 bits per heavy atom. The number of carbonyl (C=O) groups is 1. The Morgan fingerprint density at radius 2 is 2.19 bits per heavy atom. The smallest absolute Gasteiger partial charge is 0.261 e. The second-order valence-electron chi connectivity index (χ2n) is 5.28. The van der Waals surface area contributed by atoms with Crippen molar-refractivity contribution in [3.05, 3.63) is 28.8 Å². The van der Waals surface area contributed by atoms with Crippen LogP contribution in [0.3, 0.4) is 0 Å².